The number of carbonyl (C=O) groups excluding carboxylic acids is 2. The van der Waals surface area contributed by atoms with Crippen LogP contribution >= 0.6 is 0 Å². The van der Waals surface area contributed by atoms with Crippen molar-refractivity contribution in [3.63, 3.8) is 0 Å². The normalized spacial score (nSPS) is 10.3. The average Bonchev–Trinajstić information content (AvgIpc) is 3.27. The van der Waals surface area contributed by atoms with Crippen molar-refractivity contribution in [2.45, 2.75) is 19.5 Å². The number of rotatable bonds is 8. The molecule has 0 fully saturated rings. The van der Waals surface area contributed by atoms with Crippen LogP contribution in [-0.4, -0.2) is 33.2 Å². The van der Waals surface area contributed by atoms with E-state index < -0.39 is 0 Å². The summed E-state index contributed by atoms with van der Waals surface area (Å²) in [6.45, 7) is 1.09. The fourth-order valence-electron chi connectivity index (χ4n) is 2.48. The Kier molecular flexibility index (Phi) is 6.73. The number of carbonyl (C=O) groups is 2. The number of nitrogens with one attached hydrogen (secondary N) is 3. The highest BCUT2D eigenvalue weighted by atomic mass is 16.2. The molecular formula is C20H22N6O2. The first-order valence-electron chi connectivity index (χ1n) is 8.98. The first kappa shape index (κ1) is 19.1. The summed E-state index contributed by atoms with van der Waals surface area (Å²) < 4.78 is 1.66. The van der Waals surface area contributed by atoms with Crippen molar-refractivity contribution >= 4 is 11.9 Å². The maximum Gasteiger partial charge on any atom is 0.315 e. The average molecular weight is 378 g/mol. The molecule has 3 rings (SSSR count). The number of benzene rings is 1. The molecule has 0 spiro atoms. The summed E-state index contributed by atoms with van der Waals surface area (Å²) >= 11 is 0. The Morgan fingerprint density at radius 3 is 2.43 bits per heavy atom. The highest BCUT2D eigenvalue weighted by Crippen LogP contribution is 2.04. The number of nitrogens with zero attached hydrogens (tertiary/aromatic N) is 3. The van der Waals surface area contributed by atoms with Crippen LogP contribution in [0, 0.1) is 0 Å². The highest BCUT2D eigenvalue weighted by Gasteiger charge is 2.05. The maximum absolute atomic E-state index is 11.8. The predicted molar refractivity (Wildman–Crippen MR) is 105 cm³/mol. The van der Waals surface area contributed by atoms with E-state index in [9.17, 15) is 9.59 Å². The van der Waals surface area contributed by atoms with Crippen LogP contribution in [-0.2, 0) is 17.9 Å². The van der Waals surface area contributed by atoms with Gasteiger partial charge in [-0.05, 0) is 23.3 Å². The number of urea groups is 1. The first-order chi connectivity index (χ1) is 13.7. The Bertz CT molecular complexity index is 879. The van der Waals surface area contributed by atoms with Gasteiger partial charge in [0.05, 0.1) is 0 Å². The molecule has 0 atom stereocenters. The Morgan fingerprint density at radius 2 is 1.71 bits per heavy atom. The molecule has 3 amide bonds. The molecule has 0 aliphatic carbocycles. The highest BCUT2D eigenvalue weighted by molar-refractivity contribution is 5.78. The van der Waals surface area contributed by atoms with Gasteiger partial charge in [-0.25, -0.2) is 14.5 Å². The lowest BCUT2D eigenvalue weighted by Crippen LogP contribution is -2.37. The Hall–Kier alpha value is -3.68. The Balaban J connectivity index is 1.31. The van der Waals surface area contributed by atoms with Crippen molar-refractivity contribution in [1.82, 2.24) is 30.7 Å². The third-order valence-electron chi connectivity index (χ3n) is 3.97. The standard InChI is InChI=1S/C20H22N6O2/c27-19(23-13-16-5-2-1-3-6-16)9-11-21-20(28)24-15-17-7-8-18(22-14-17)26-12-4-10-25-26/h1-8,10,12,14H,9,11,13,15H2,(H,23,27)(H2,21,24,28). The van der Waals surface area contributed by atoms with Crippen molar-refractivity contribution in [3.8, 4) is 5.82 Å². The zero-order chi connectivity index (χ0) is 19.6. The van der Waals surface area contributed by atoms with Gasteiger partial charge in [0.15, 0.2) is 5.82 Å². The van der Waals surface area contributed by atoms with E-state index >= 15 is 0 Å². The van der Waals surface area contributed by atoms with E-state index in [1.165, 1.54) is 0 Å². The second-order valence-electron chi connectivity index (χ2n) is 6.10. The molecule has 144 valence electrons. The molecule has 3 aromatic rings. The van der Waals surface area contributed by atoms with Crippen molar-refractivity contribution in [3.05, 3.63) is 78.2 Å². The summed E-state index contributed by atoms with van der Waals surface area (Å²) in [5.74, 6) is 0.599. The Labute approximate surface area is 163 Å². The van der Waals surface area contributed by atoms with Crippen LogP contribution in [0.3, 0.4) is 0 Å². The second-order valence-corrected chi connectivity index (χ2v) is 6.10. The SMILES string of the molecule is O=C(CCNC(=O)NCc1ccc(-n2cccn2)nc1)NCc1ccccc1. The molecule has 8 heteroatoms. The molecule has 8 nitrogen and oxygen atoms in total. The van der Waals surface area contributed by atoms with Crippen LogP contribution in [0.2, 0.25) is 0 Å². The maximum atomic E-state index is 11.8. The van der Waals surface area contributed by atoms with Gasteiger partial charge in [-0.1, -0.05) is 36.4 Å². The molecule has 2 heterocycles. The van der Waals surface area contributed by atoms with E-state index in [2.05, 4.69) is 26.0 Å². The molecular weight excluding hydrogens is 356 g/mol. The molecule has 3 N–H and O–H groups in total. The largest absolute Gasteiger partial charge is 0.352 e. The number of hydrogen-bond acceptors (Lipinski definition) is 4. The van der Waals surface area contributed by atoms with Gasteiger partial charge in [0.2, 0.25) is 5.91 Å². The molecule has 0 saturated heterocycles. The topological polar surface area (TPSA) is 101 Å². The van der Waals surface area contributed by atoms with Crippen molar-refractivity contribution in [1.29, 1.82) is 0 Å². The molecule has 0 unspecified atom stereocenters. The van der Waals surface area contributed by atoms with Gasteiger partial charge < -0.3 is 16.0 Å². The Morgan fingerprint density at radius 1 is 0.893 bits per heavy atom. The monoisotopic (exact) mass is 378 g/mol. The molecule has 0 saturated carbocycles. The van der Waals surface area contributed by atoms with Gasteiger partial charge in [0.1, 0.15) is 0 Å². The van der Waals surface area contributed by atoms with Crippen LogP contribution in [0.4, 0.5) is 4.79 Å². The summed E-state index contributed by atoms with van der Waals surface area (Å²) in [7, 11) is 0. The van der Waals surface area contributed by atoms with Crippen molar-refractivity contribution < 1.29 is 9.59 Å². The van der Waals surface area contributed by atoms with Crippen LogP contribution in [0.15, 0.2) is 67.1 Å². The second kappa shape index (κ2) is 9.86. The fourth-order valence-corrected chi connectivity index (χ4v) is 2.48. The molecule has 0 radical (unpaired) electrons. The van der Waals surface area contributed by atoms with Gasteiger partial charge in [-0.3, -0.25) is 4.79 Å². The lowest BCUT2D eigenvalue weighted by atomic mass is 10.2. The third-order valence-corrected chi connectivity index (χ3v) is 3.97. The minimum absolute atomic E-state index is 0.109. The predicted octanol–water partition coefficient (Wildman–Crippen LogP) is 1.77. The lowest BCUT2D eigenvalue weighted by Gasteiger charge is -2.09. The van der Waals surface area contributed by atoms with Crippen LogP contribution in [0.5, 0.6) is 0 Å². The summed E-state index contributed by atoms with van der Waals surface area (Å²) in [6, 6.07) is 14.9. The fraction of sp³-hybridized carbons (Fsp3) is 0.200. The van der Waals surface area contributed by atoms with Gasteiger partial charge in [-0.2, -0.15) is 5.10 Å². The van der Waals surface area contributed by atoms with Crippen LogP contribution in [0.25, 0.3) is 5.82 Å². The van der Waals surface area contributed by atoms with E-state index in [0.29, 0.717) is 18.9 Å². The van der Waals surface area contributed by atoms with Gasteiger partial charge in [0.25, 0.3) is 0 Å². The summed E-state index contributed by atoms with van der Waals surface area (Å²) in [4.78, 5) is 28.0. The number of aromatic nitrogens is 3. The quantitative estimate of drug-likeness (QED) is 0.556. The van der Waals surface area contributed by atoms with Crippen LogP contribution < -0.4 is 16.0 Å². The number of hydrogen-bond donors (Lipinski definition) is 3. The molecule has 0 aliphatic heterocycles. The van der Waals surface area contributed by atoms with Gasteiger partial charge in [-0.15, -0.1) is 0 Å². The zero-order valence-electron chi connectivity index (χ0n) is 15.3. The van der Waals surface area contributed by atoms with Gasteiger partial charge >= 0.3 is 6.03 Å². The van der Waals surface area contributed by atoms with Crippen LogP contribution in [0.1, 0.15) is 17.5 Å². The smallest absolute Gasteiger partial charge is 0.315 e. The van der Waals surface area contributed by atoms with E-state index in [1.54, 1.807) is 17.1 Å². The van der Waals surface area contributed by atoms with Crippen molar-refractivity contribution in [2.24, 2.45) is 0 Å². The van der Waals surface area contributed by atoms with Gasteiger partial charge in [0, 0.05) is 44.6 Å². The third kappa shape index (κ3) is 5.94. The number of amides is 3. The molecule has 0 bridgehead atoms. The van der Waals surface area contributed by atoms with Crippen molar-refractivity contribution in [2.75, 3.05) is 6.54 Å². The first-order valence-corrected chi connectivity index (χ1v) is 8.98. The van der Waals surface area contributed by atoms with E-state index in [1.807, 2.05) is 54.7 Å². The molecule has 0 aliphatic rings. The zero-order valence-corrected chi connectivity index (χ0v) is 15.3. The minimum atomic E-state index is -0.327. The van der Waals surface area contributed by atoms with E-state index in [0.717, 1.165) is 11.1 Å². The molecule has 28 heavy (non-hydrogen) atoms. The molecule has 1 aromatic carbocycles. The van der Waals surface area contributed by atoms with E-state index in [4.69, 9.17) is 0 Å². The number of pyridine rings is 1. The lowest BCUT2D eigenvalue weighted by molar-refractivity contribution is -0.121. The summed E-state index contributed by atoms with van der Waals surface area (Å²) in [5, 5.41) is 12.3. The minimum Gasteiger partial charge on any atom is -0.352 e. The summed E-state index contributed by atoms with van der Waals surface area (Å²) in [5.41, 5.74) is 1.90. The summed E-state index contributed by atoms with van der Waals surface area (Å²) in [6.07, 6.45) is 5.40. The van der Waals surface area contributed by atoms with E-state index in [-0.39, 0.29) is 24.9 Å². The molecule has 2 aromatic heterocycles.